The summed E-state index contributed by atoms with van der Waals surface area (Å²) in [6.07, 6.45) is 1.97. The van der Waals surface area contributed by atoms with Gasteiger partial charge in [-0.25, -0.2) is 4.39 Å². The Morgan fingerprint density at radius 1 is 1.24 bits per heavy atom. The van der Waals surface area contributed by atoms with Crippen molar-refractivity contribution < 1.29 is 22.3 Å². The van der Waals surface area contributed by atoms with E-state index in [-0.39, 0.29) is 33.7 Å². The summed E-state index contributed by atoms with van der Waals surface area (Å²) in [5, 5.41) is 11.1. The van der Waals surface area contributed by atoms with Gasteiger partial charge in [0.15, 0.2) is 5.82 Å². The van der Waals surface area contributed by atoms with E-state index in [1.165, 1.54) is 6.92 Å². The molecule has 1 aromatic carbocycles. The molecule has 226 valence electrons. The second-order valence-corrected chi connectivity index (χ2v) is 12.1. The third-order valence-corrected chi connectivity index (χ3v) is 9.57. The monoisotopic (exact) mass is 607 g/mol. The number of aromatic nitrogens is 2. The number of aryl methyl sites for hydroxylation is 1. The van der Waals surface area contributed by atoms with Gasteiger partial charge in [0.1, 0.15) is 23.8 Å². The molecule has 4 aliphatic heterocycles. The van der Waals surface area contributed by atoms with Crippen molar-refractivity contribution in [3.63, 3.8) is 0 Å². The highest BCUT2D eigenvalue weighted by Gasteiger charge is 2.45. The number of piperazine rings is 1. The van der Waals surface area contributed by atoms with Crippen molar-refractivity contribution in [1.29, 1.82) is 5.41 Å². The van der Waals surface area contributed by atoms with Crippen LogP contribution < -0.4 is 20.7 Å². The van der Waals surface area contributed by atoms with E-state index in [9.17, 15) is 13.2 Å². The van der Waals surface area contributed by atoms with Gasteiger partial charge in [0.2, 0.25) is 0 Å². The maximum atomic E-state index is 16.4. The molecule has 13 heteroatoms. The van der Waals surface area contributed by atoms with E-state index in [4.69, 9.17) is 32.5 Å². The largest absolute Gasteiger partial charge is 0.461 e. The minimum Gasteiger partial charge on any atom is -0.461 e. The molecular weight excluding hydrogens is 574 g/mol. The number of amidine groups is 1. The molecule has 5 heterocycles. The summed E-state index contributed by atoms with van der Waals surface area (Å²) in [6, 6.07) is 0.0519. The first-order chi connectivity index (χ1) is 20.0. The number of nitrogens with two attached hydrogens (primary N) is 1. The van der Waals surface area contributed by atoms with Crippen molar-refractivity contribution in [2.24, 2.45) is 5.73 Å². The van der Waals surface area contributed by atoms with Crippen molar-refractivity contribution >= 4 is 40.2 Å². The number of ether oxygens (including phenoxy) is 1. The van der Waals surface area contributed by atoms with E-state index >= 15 is 4.39 Å². The highest BCUT2D eigenvalue weighted by atomic mass is 35.5. The summed E-state index contributed by atoms with van der Waals surface area (Å²) in [6.45, 7) is 5.59. The molecule has 0 saturated carbocycles. The molecule has 1 unspecified atom stereocenters. The number of fused-ring (bicyclic) bond motifs is 3. The lowest BCUT2D eigenvalue weighted by Crippen LogP contribution is -2.51. The SMILES string of the molecule is CC(=C/C(=N)N)/C(=C/c1c(Cl)c2c3c(nc(OCC45CCCN4CCC5)nc3c1F)N1CCNCC1CC2)C(F)(F)F. The Morgan fingerprint density at radius 3 is 2.67 bits per heavy atom. The normalized spacial score (nSPS) is 22.7. The lowest BCUT2D eigenvalue weighted by Gasteiger charge is -2.36. The molecule has 0 amide bonds. The van der Waals surface area contributed by atoms with Gasteiger partial charge in [-0.05, 0) is 81.8 Å². The highest BCUT2D eigenvalue weighted by molar-refractivity contribution is 6.34. The third kappa shape index (κ3) is 5.11. The van der Waals surface area contributed by atoms with Gasteiger partial charge in [-0.1, -0.05) is 11.6 Å². The Kier molecular flexibility index (Phi) is 7.59. The van der Waals surface area contributed by atoms with Crippen LogP contribution in [0.4, 0.5) is 23.4 Å². The molecule has 0 aliphatic carbocycles. The minimum absolute atomic E-state index is 0.00982. The van der Waals surface area contributed by atoms with Gasteiger partial charge in [0, 0.05) is 31.2 Å². The topological polar surface area (TPSA) is 103 Å². The zero-order chi connectivity index (χ0) is 29.8. The fraction of sp³-hybridized carbons (Fsp3) is 0.552. The first-order valence-corrected chi connectivity index (χ1v) is 14.7. The Hall–Kier alpha value is -2.96. The Bertz CT molecular complexity index is 1480. The van der Waals surface area contributed by atoms with E-state index in [1.54, 1.807) is 0 Å². The number of hydrogen-bond acceptors (Lipinski definition) is 7. The van der Waals surface area contributed by atoms with Gasteiger partial charge in [0.05, 0.1) is 21.5 Å². The van der Waals surface area contributed by atoms with E-state index in [0.29, 0.717) is 61.9 Å². The summed E-state index contributed by atoms with van der Waals surface area (Å²) in [4.78, 5) is 13.8. The Morgan fingerprint density at radius 2 is 1.98 bits per heavy atom. The van der Waals surface area contributed by atoms with E-state index < -0.39 is 29.0 Å². The summed E-state index contributed by atoms with van der Waals surface area (Å²) in [5.41, 5.74) is 3.76. The number of nitrogens with one attached hydrogen (secondary N) is 2. The molecule has 42 heavy (non-hydrogen) atoms. The molecule has 4 N–H and O–H groups in total. The van der Waals surface area contributed by atoms with Gasteiger partial charge in [0.25, 0.3) is 0 Å². The van der Waals surface area contributed by atoms with Crippen LogP contribution in [0.25, 0.3) is 17.0 Å². The highest BCUT2D eigenvalue weighted by Crippen LogP contribution is 2.44. The first kappa shape index (κ1) is 29.1. The summed E-state index contributed by atoms with van der Waals surface area (Å²) in [5.74, 6) is -1.02. The number of halogens is 5. The zero-order valence-corrected chi connectivity index (χ0v) is 24.1. The van der Waals surface area contributed by atoms with Gasteiger partial charge in [-0.3, -0.25) is 10.3 Å². The maximum absolute atomic E-state index is 16.4. The second kappa shape index (κ2) is 10.9. The molecule has 1 aromatic heterocycles. The lowest BCUT2D eigenvalue weighted by atomic mass is 9.95. The Balaban J connectivity index is 1.53. The standard InChI is InChI=1S/C29H34ClF4N7O/c1-16(12-21(35)36)20(29(32,33)34)13-19-23(30)18-5-4-17-14-37-8-11-41(17)26-22(18)25(24(19)31)38-27(39-26)42-15-28-6-2-9-40(28)10-3-7-28/h12-13,17,37H,2-11,14-15H2,1H3,(H3,35,36)/b16-12-,20-13-. The first-order valence-electron chi connectivity index (χ1n) is 14.4. The molecule has 3 saturated heterocycles. The third-order valence-electron chi connectivity index (χ3n) is 9.14. The average molecular weight is 608 g/mol. The summed E-state index contributed by atoms with van der Waals surface area (Å²) in [7, 11) is 0. The van der Waals surface area contributed by atoms with Crippen LogP contribution >= 0.6 is 11.6 Å². The quantitative estimate of drug-likeness (QED) is 0.184. The predicted octanol–water partition coefficient (Wildman–Crippen LogP) is 4.98. The average Bonchev–Trinajstić information content (AvgIpc) is 3.46. The van der Waals surface area contributed by atoms with Crippen LogP contribution in [0.3, 0.4) is 0 Å². The maximum Gasteiger partial charge on any atom is 0.416 e. The van der Waals surface area contributed by atoms with Crippen LogP contribution in [0.5, 0.6) is 6.01 Å². The minimum atomic E-state index is -4.85. The van der Waals surface area contributed by atoms with Crippen molar-refractivity contribution in [2.45, 2.75) is 63.2 Å². The zero-order valence-electron chi connectivity index (χ0n) is 23.4. The van der Waals surface area contributed by atoms with Crippen molar-refractivity contribution in [2.75, 3.05) is 44.2 Å². The molecule has 0 radical (unpaired) electrons. The van der Waals surface area contributed by atoms with Gasteiger partial charge in [-0.2, -0.15) is 23.1 Å². The lowest BCUT2D eigenvalue weighted by molar-refractivity contribution is -0.0883. The molecule has 3 fully saturated rings. The number of rotatable bonds is 6. The van der Waals surface area contributed by atoms with Gasteiger partial charge >= 0.3 is 12.2 Å². The molecule has 8 nitrogen and oxygen atoms in total. The molecule has 0 spiro atoms. The predicted molar refractivity (Wildman–Crippen MR) is 155 cm³/mol. The molecule has 0 bridgehead atoms. The summed E-state index contributed by atoms with van der Waals surface area (Å²) < 4.78 is 65.2. The van der Waals surface area contributed by atoms with Crippen LogP contribution in [0.1, 0.15) is 50.2 Å². The number of anilines is 1. The molecule has 1 atom stereocenters. The second-order valence-electron chi connectivity index (χ2n) is 11.7. The molecule has 6 rings (SSSR count). The molecular formula is C29H34ClF4N7O. The van der Waals surface area contributed by atoms with Gasteiger partial charge in [-0.15, -0.1) is 0 Å². The van der Waals surface area contributed by atoms with E-state index in [2.05, 4.69) is 20.1 Å². The molecule has 2 aromatic rings. The summed E-state index contributed by atoms with van der Waals surface area (Å²) >= 11 is 6.76. The number of allylic oxidation sites excluding steroid dienone is 2. The smallest absolute Gasteiger partial charge is 0.416 e. The van der Waals surface area contributed by atoms with E-state index in [1.807, 2.05) is 0 Å². The van der Waals surface area contributed by atoms with Crippen LogP contribution in [0, 0.1) is 11.2 Å². The van der Waals surface area contributed by atoms with Crippen LogP contribution in [-0.4, -0.2) is 77.8 Å². The number of nitrogens with zero attached hydrogens (tertiary/aromatic N) is 4. The fourth-order valence-electron chi connectivity index (χ4n) is 7.14. The van der Waals surface area contributed by atoms with E-state index in [0.717, 1.165) is 44.8 Å². The Labute approximate surface area is 246 Å². The van der Waals surface area contributed by atoms with Gasteiger partial charge < -0.3 is 20.7 Å². The van der Waals surface area contributed by atoms with Crippen molar-refractivity contribution in [1.82, 2.24) is 20.2 Å². The van der Waals surface area contributed by atoms with Crippen LogP contribution in [-0.2, 0) is 6.42 Å². The molecule has 4 aliphatic rings. The number of benzene rings is 1. The fourth-order valence-corrected chi connectivity index (χ4v) is 7.47. The van der Waals surface area contributed by atoms with Crippen LogP contribution in [0.15, 0.2) is 17.2 Å². The van der Waals surface area contributed by atoms with Crippen LogP contribution in [0.2, 0.25) is 5.02 Å². The van der Waals surface area contributed by atoms with Crippen molar-refractivity contribution in [3.05, 3.63) is 39.2 Å². The number of alkyl halides is 3. The number of hydrogen-bond donors (Lipinski definition) is 3. The van der Waals surface area contributed by atoms with Crippen molar-refractivity contribution in [3.8, 4) is 6.01 Å².